The highest BCUT2D eigenvalue weighted by Gasteiger charge is 2.15. The van der Waals surface area contributed by atoms with Crippen molar-refractivity contribution in [2.45, 2.75) is 19.4 Å². The molecule has 0 amide bonds. The first-order valence-corrected chi connectivity index (χ1v) is 6.73. The van der Waals surface area contributed by atoms with Crippen LogP contribution in [0.1, 0.15) is 22.3 Å². The SMILES string of the molecule is CNC(Cc1ncc[nH]1)c1cc(C)c(Br)s1. The van der Waals surface area contributed by atoms with Crippen LogP contribution in [-0.2, 0) is 6.42 Å². The van der Waals surface area contributed by atoms with Gasteiger partial charge in [0.1, 0.15) is 5.82 Å². The second kappa shape index (κ2) is 5.12. The second-order valence-corrected chi connectivity index (χ2v) is 6.09. The van der Waals surface area contributed by atoms with E-state index in [1.54, 1.807) is 17.5 Å². The summed E-state index contributed by atoms with van der Waals surface area (Å²) >= 11 is 5.34. The van der Waals surface area contributed by atoms with Crippen molar-refractivity contribution in [3.05, 3.63) is 38.5 Å². The first kappa shape index (κ1) is 11.8. The van der Waals surface area contributed by atoms with E-state index in [1.807, 2.05) is 13.2 Å². The van der Waals surface area contributed by atoms with Crippen LogP contribution < -0.4 is 5.32 Å². The van der Waals surface area contributed by atoms with Crippen LogP contribution in [0.3, 0.4) is 0 Å². The summed E-state index contributed by atoms with van der Waals surface area (Å²) < 4.78 is 1.21. The Balaban J connectivity index is 2.16. The van der Waals surface area contributed by atoms with E-state index < -0.39 is 0 Å². The number of imidazole rings is 1. The number of nitrogens with zero attached hydrogens (tertiary/aromatic N) is 1. The number of H-pyrrole nitrogens is 1. The van der Waals surface area contributed by atoms with Crippen molar-refractivity contribution in [3.8, 4) is 0 Å². The molecule has 5 heteroatoms. The van der Waals surface area contributed by atoms with Crippen molar-refractivity contribution in [3.63, 3.8) is 0 Å². The van der Waals surface area contributed by atoms with E-state index in [1.165, 1.54) is 14.2 Å². The molecule has 2 aromatic heterocycles. The fraction of sp³-hybridized carbons (Fsp3) is 0.364. The number of rotatable bonds is 4. The van der Waals surface area contributed by atoms with Crippen molar-refractivity contribution < 1.29 is 0 Å². The maximum atomic E-state index is 4.26. The summed E-state index contributed by atoms with van der Waals surface area (Å²) in [6, 6.07) is 2.54. The maximum Gasteiger partial charge on any atom is 0.107 e. The molecule has 0 radical (unpaired) electrons. The predicted molar refractivity (Wildman–Crippen MR) is 70.8 cm³/mol. The summed E-state index contributed by atoms with van der Waals surface area (Å²) in [5.74, 6) is 1.02. The summed E-state index contributed by atoms with van der Waals surface area (Å²) in [6.45, 7) is 2.11. The molecule has 3 nitrogen and oxygen atoms in total. The normalized spacial score (nSPS) is 12.9. The van der Waals surface area contributed by atoms with Gasteiger partial charge in [-0.05, 0) is 41.5 Å². The summed E-state index contributed by atoms with van der Waals surface area (Å²) in [7, 11) is 1.98. The van der Waals surface area contributed by atoms with Crippen molar-refractivity contribution in [1.82, 2.24) is 15.3 Å². The number of nitrogens with one attached hydrogen (secondary N) is 2. The molecule has 0 saturated carbocycles. The number of aromatic nitrogens is 2. The van der Waals surface area contributed by atoms with Crippen LogP contribution >= 0.6 is 27.3 Å². The van der Waals surface area contributed by atoms with E-state index >= 15 is 0 Å². The summed E-state index contributed by atoms with van der Waals surface area (Å²) in [4.78, 5) is 8.73. The van der Waals surface area contributed by atoms with Gasteiger partial charge in [-0.3, -0.25) is 0 Å². The van der Waals surface area contributed by atoms with E-state index in [4.69, 9.17) is 0 Å². The molecule has 86 valence electrons. The standard InChI is InChI=1S/C11H14BrN3S/c1-7-5-9(16-11(7)12)8(13-2)6-10-14-3-4-15-10/h3-5,8,13H,6H2,1-2H3,(H,14,15). The molecule has 0 spiro atoms. The van der Waals surface area contributed by atoms with Gasteiger partial charge in [-0.25, -0.2) is 4.98 Å². The largest absolute Gasteiger partial charge is 0.349 e. The van der Waals surface area contributed by atoms with Crippen molar-refractivity contribution in [1.29, 1.82) is 0 Å². The van der Waals surface area contributed by atoms with Gasteiger partial charge in [-0.2, -0.15) is 0 Å². The van der Waals surface area contributed by atoms with E-state index in [0.717, 1.165) is 12.2 Å². The minimum atomic E-state index is 0.321. The number of hydrogen-bond acceptors (Lipinski definition) is 3. The summed E-state index contributed by atoms with van der Waals surface area (Å²) in [5.41, 5.74) is 1.29. The molecule has 0 bridgehead atoms. The van der Waals surface area contributed by atoms with Crippen LogP contribution in [-0.4, -0.2) is 17.0 Å². The van der Waals surface area contributed by atoms with Gasteiger partial charge in [-0.1, -0.05) is 0 Å². The molecule has 0 aromatic carbocycles. The third-order valence-electron chi connectivity index (χ3n) is 2.52. The first-order valence-electron chi connectivity index (χ1n) is 5.12. The molecule has 2 rings (SSSR count). The van der Waals surface area contributed by atoms with E-state index in [0.29, 0.717) is 6.04 Å². The second-order valence-electron chi connectivity index (χ2n) is 3.69. The molecular weight excluding hydrogens is 286 g/mol. The minimum absolute atomic E-state index is 0.321. The lowest BCUT2D eigenvalue weighted by Crippen LogP contribution is -2.18. The van der Waals surface area contributed by atoms with Gasteiger partial charge >= 0.3 is 0 Å². The highest BCUT2D eigenvalue weighted by Crippen LogP contribution is 2.32. The Hall–Kier alpha value is -0.650. The third kappa shape index (κ3) is 2.53. The Morgan fingerprint density at radius 1 is 1.62 bits per heavy atom. The Bertz CT molecular complexity index is 430. The van der Waals surface area contributed by atoms with Crippen LogP contribution in [0, 0.1) is 6.92 Å². The van der Waals surface area contributed by atoms with Crippen LogP contribution in [0.5, 0.6) is 0 Å². The van der Waals surface area contributed by atoms with Crippen molar-refractivity contribution >= 4 is 27.3 Å². The molecular formula is C11H14BrN3S. The molecule has 0 aliphatic heterocycles. The monoisotopic (exact) mass is 299 g/mol. The van der Waals surface area contributed by atoms with Gasteiger partial charge in [-0.15, -0.1) is 11.3 Å². The maximum absolute atomic E-state index is 4.26. The van der Waals surface area contributed by atoms with Gasteiger partial charge in [0.25, 0.3) is 0 Å². The Kier molecular flexibility index (Phi) is 3.78. The zero-order valence-electron chi connectivity index (χ0n) is 9.25. The summed E-state index contributed by atoms with van der Waals surface area (Å²) in [5, 5.41) is 3.33. The molecule has 16 heavy (non-hydrogen) atoms. The predicted octanol–water partition coefficient (Wildman–Crippen LogP) is 3.05. The van der Waals surface area contributed by atoms with Gasteiger partial charge < -0.3 is 10.3 Å². The number of aromatic amines is 1. The molecule has 0 aliphatic carbocycles. The van der Waals surface area contributed by atoms with Gasteiger partial charge in [0, 0.05) is 29.7 Å². The van der Waals surface area contributed by atoms with E-state index in [9.17, 15) is 0 Å². The average molecular weight is 300 g/mol. The van der Waals surface area contributed by atoms with Gasteiger partial charge in [0.15, 0.2) is 0 Å². The average Bonchev–Trinajstić information content (AvgIpc) is 2.86. The van der Waals surface area contributed by atoms with E-state index in [2.05, 4.69) is 44.2 Å². The smallest absolute Gasteiger partial charge is 0.107 e. The number of likely N-dealkylation sites (N-methyl/N-ethyl adjacent to an activating group) is 1. The first-order chi connectivity index (χ1) is 7.70. The Morgan fingerprint density at radius 2 is 2.44 bits per heavy atom. The molecule has 0 saturated heterocycles. The fourth-order valence-electron chi connectivity index (χ4n) is 1.60. The van der Waals surface area contributed by atoms with E-state index in [-0.39, 0.29) is 0 Å². The molecule has 2 heterocycles. The van der Waals surface area contributed by atoms with Gasteiger partial charge in [0.05, 0.1) is 3.79 Å². The highest BCUT2D eigenvalue weighted by atomic mass is 79.9. The number of aryl methyl sites for hydroxylation is 1. The van der Waals surface area contributed by atoms with Gasteiger partial charge in [0.2, 0.25) is 0 Å². The number of hydrogen-bond donors (Lipinski definition) is 2. The minimum Gasteiger partial charge on any atom is -0.349 e. The summed E-state index contributed by atoms with van der Waals surface area (Å²) in [6.07, 6.45) is 4.53. The highest BCUT2D eigenvalue weighted by molar-refractivity contribution is 9.11. The molecule has 0 aliphatic rings. The molecule has 0 fully saturated rings. The van der Waals surface area contributed by atoms with Crippen LogP contribution in [0.15, 0.2) is 22.2 Å². The zero-order valence-corrected chi connectivity index (χ0v) is 11.7. The molecule has 2 aromatic rings. The van der Waals surface area contributed by atoms with Crippen LogP contribution in [0.2, 0.25) is 0 Å². The number of thiophene rings is 1. The van der Waals surface area contributed by atoms with Crippen molar-refractivity contribution in [2.24, 2.45) is 0 Å². The molecule has 1 unspecified atom stereocenters. The van der Waals surface area contributed by atoms with Crippen LogP contribution in [0.25, 0.3) is 0 Å². The number of halogens is 1. The lowest BCUT2D eigenvalue weighted by Gasteiger charge is -2.12. The Labute approximate surface area is 107 Å². The zero-order chi connectivity index (χ0) is 11.5. The lowest BCUT2D eigenvalue weighted by molar-refractivity contribution is 0.587. The lowest BCUT2D eigenvalue weighted by atomic mass is 10.1. The molecule has 1 atom stereocenters. The topological polar surface area (TPSA) is 40.7 Å². The Morgan fingerprint density at radius 3 is 2.94 bits per heavy atom. The fourth-order valence-corrected chi connectivity index (χ4v) is 3.28. The third-order valence-corrected chi connectivity index (χ3v) is 4.77. The van der Waals surface area contributed by atoms with Crippen LogP contribution in [0.4, 0.5) is 0 Å². The molecule has 2 N–H and O–H groups in total. The quantitative estimate of drug-likeness (QED) is 0.911. The van der Waals surface area contributed by atoms with Crippen molar-refractivity contribution in [2.75, 3.05) is 7.05 Å².